The molecule has 9 heteroatoms. The summed E-state index contributed by atoms with van der Waals surface area (Å²) in [5.74, 6) is 0.685. The van der Waals surface area contributed by atoms with Crippen molar-refractivity contribution >= 4 is 11.7 Å². The van der Waals surface area contributed by atoms with Crippen molar-refractivity contribution in [3.8, 4) is 11.4 Å². The van der Waals surface area contributed by atoms with Crippen LogP contribution in [0, 0.1) is 6.92 Å². The highest BCUT2D eigenvalue weighted by atomic mass is 16.5. The standard InChI is InChI=1S/C19H22N6O3/c1-12-10-16(24(2)22-12)25-9-3-4-15(11-25)20-18(26)14-7-5-13(6-8-14)17-21-19(27)28-23-17/h5-8,10,15H,3-4,9,11H2,1-2H3,(H,20,26)(H,21,23,27). The number of nitrogens with zero attached hydrogens (tertiary/aromatic N) is 4. The molecule has 1 aromatic carbocycles. The quantitative estimate of drug-likeness (QED) is 0.707. The molecule has 1 aliphatic rings. The van der Waals surface area contributed by atoms with Gasteiger partial charge in [0.25, 0.3) is 5.91 Å². The summed E-state index contributed by atoms with van der Waals surface area (Å²) in [6.07, 6.45) is 1.95. The van der Waals surface area contributed by atoms with Crippen molar-refractivity contribution in [2.45, 2.75) is 25.8 Å². The summed E-state index contributed by atoms with van der Waals surface area (Å²) < 4.78 is 6.38. The van der Waals surface area contributed by atoms with E-state index in [1.54, 1.807) is 24.3 Å². The fraction of sp³-hybridized carbons (Fsp3) is 0.368. The monoisotopic (exact) mass is 382 g/mol. The summed E-state index contributed by atoms with van der Waals surface area (Å²) in [7, 11) is 1.94. The second kappa shape index (κ2) is 7.34. The third-order valence-electron chi connectivity index (χ3n) is 4.92. The number of H-pyrrole nitrogens is 1. The van der Waals surface area contributed by atoms with Gasteiger partial charge in [0.15, 0.2) is 5.82 Å². The van der Waals surface area contributed by atoms with Crippen LogP contribution in [-0.2, 0) is 7.05 Å². The molecule has 1 fully saturated rings. The first kappa shape index (κ1) is 18.0. The largest absolute Gasteiger partial charge is 0.439 e. The number of aromatic nitrogens is 4. The highest BCUT2D eigenvalue weighted by Crippen LogP contribution is 2.21. The number of hydrogen-bond donors (Lipinski definition) is 2. The van der Waals surface area contributed by atoms with Crippen LogP contribution in [0.25, 0.3) is 11.4 Å². The van der Waals surface area contributed by atoms with E-state index in [4.69, 9.17) is 0 Å². The van der Waals surface area contributed by atoms with E-state index in [-0.39, 0.29) is 11.9 Å². The first-order valence-electron chi connectivity index (χ1n) is 9.22. The molecule has 0 radical (unpaired) electrons. The lowest BCUT2D eigenvalue weighted by molar-refractivity contribution is 0.0933. The van der Waals surface area contributed by atoms with Crippen LogP contribution in [0.15, 0.2) is 39.6 Å². The first-order valence-corrected chi connectivity index (χ1v) is 9.22. The van der Waals surface area contributed by atoms with Gasteiger partial charge in [-0.1, -0.05) is 17.3 Å². The average molecular weight is 382 g/mol. The lowest BCUT2D eigenvalue weighted by atomic mass is 10.0. The third-order valence-corrected chi connectivity index (χ3v) is 4.92. The molecule has 0 aliphatic carbocycles. The van der Waals surface area contributed by atoms with Crippen LogP contribution < -0.4 is 16.0 Å². The summed E-state index contributed by atoms with van der Waals surface area (Å²) in [5.41, 5.74) is 2.22. The lowest BCUT2D eigenvalue weighted by Crippen LogP contribution is -2.48. The van der Waals surface area contributed by atoms with Crippen molar-refractivity contribution < 1.29 is 9.32 Å². The Balaban J connectivity index is 1.41. The molecule has 0 saturated carbocycles. The second-order valence-corrected chi connectivity index (χ2v) is 7.05. The van der Waals surface area contributed by atoms with Crippen molar-refractivity contribution in [1.82, 2.24) is 25.2 Å². The Labute approximate surface area is 161 Å². The molecule has 2 aromatic heterocycles. The zero-order valence-electron chi connectivity index (χ0n) is 15.8. The predicted octanol–water partition coefficient (Wildman–Crippen LogP) is 1.47. The number of hydrogen-bond acceptors (Lipinski definition) is 6. The van der Waals surface area contributed by atoms with E-state index in [2.05, 4.69) is 36.0 Å². The Morgan fingerprint density at radius 3 is 2.75 bits per heavy atom. The Morgan fingerprint density at radius 2 is 2.11 bits per heavy atom. The van der Waals surface area contributed by atoms with Gasteiger partial charge in [0.05, 0.1) is 5.69 Å². The molecule has 2 N–H and O–H groups in total. The van der Waals surface area contributed by atoms with Gasteiger partial charge in [-0.3, -0.25) is 19.0 Å². The zero-order valence-corrected chi connectivity index (χ0v) is 15.8. The van der Waals surface area contributed by atoms with Crippen LogP contribution in [0.3, 0.4) is 0 Å². The molecule has 3 heterocycles. The van der Waals surface area contributed by atoms with Crippen LogP contribution in [0.2, 0.25) is 0 Å². The fourth-order valence-corrected chi connectivity index (χ4v) is 3.60. The number of aromatic amines is 1. The predicted molar refractivity (Wildman–Crippen MR) is 103 cm³/mol. The number of rotatable bonds is 4. The Morgan fingerprint density at radius 1 is 1.32 bits per heavy atom. The molecule has 1 saturated heterocycles. The minimum Gasteiger partial charge on any atom is -0.355 e. The van der Waals surface area contributed by atoms with E-state index in [1.165, 1.54) is 0 Å². The van der Waals surface area contributed by atoms with Gasteiger partial charge >= 0.3 is 5.76 Å². The van der Waals surface area contributed by atoms with Crippen LogP contribution in [-0.4, -0.2) is 45.0 Å². The summed E-state index contributed by atoms with van der Waals surface area (Å²) in [5, 5.41) is 11.2. The smallest absolute Gasteiger partial charge is 0.355 e. The normalized spacial score (nSPS) is 16.9. The topological polar surface area (TPSA) is 109 Å². The van der Waals surface area contributed by atoms with Gasteiger partial charge in [-0.2, -0.15) is 5.10 Å². The summed E-state index contributed by atoms with van der Waals surface area (Å²) >= 11 is 0. The molecular weight excluding hydrogens is 360 g/mol. The molecule has 1 aliphatic heterocycles. The summed E-state index contributed by atoms with van der Waals surface area (Å²) in [6, 6.07) is 9.02. The van der Waals surface area contributed by atoms with E-state index < -0.39 is 5.76 Å². The molecule has 1 atom stereocenters. The van der Waals surface area contributed by atoms with E-state index in [0.717, 1.165) is 37.4 Å². The molecular formula is C19H22N6O3. The number of carbonyl (C=O) groups is 1. The fourth-order valence-electron chi connectivity index (χ4n) is 3.60. The van der Waals surface area contributed by atoms with Gasteiger partial charge in [0.1, 0.15) is 5.82 Å². The third kappa shape index (κ3) is 3.68. The molecule has 0 bridgehead atoms. The number of carbonyl (C=O) groups excluding carboxylic acids is 1. The molecule has 1 unspecified atom stereocenters. The van der Waals surface area contributed by atoms with Crippen LogP contribution in [0.1, 0.15) is 28.9 Å². The van der Waals surface area contributed by atoms with E-state index in [0.29, 0.717) is 17.0 Å². The number of anilines is 1. The first-order chi connectivity index (χ1) is 13.5. The van der Waals surface area contributed by atoms with E-state index >= 15 is 0 Å². The van der Waals surface area contributed by atoms with Gasteiger partial charge in [-0.05, 0) is 31.9 Å². The van der Waals surface area contributed by atoms with Crippen LogP contribution in [0.5, 0.6) is 0 Å². The Hall–Kier alpha value is -3.36. The maximum atomic E-state index is 12.6. The summed E-state index contributed by atoms with van der Waals surface area (Å²) in [6.45, 7) is 3.68. The minimum atomic E-state index is -0.609. The summed E-state index contributed by atoms with van der Waals surface area (Å²) in [4.78, 5) is 28.4. The van der Waals surface area contributed by atoms with Gasteiger partial charge < -0.3 is 10.2 Å². The van der Waals surface area contributed by atoms with Gasteiger partial charge in [0, 0.05) is 43.4 Å². The minimum absolute atomic E-state index is 0.0722. The molecule has 3 aromatic rings. The second-order valence-electron chi connectivity index (χ2n) is 7.05. The molecule has 146 valence electrons. The highest BCUT2D eigenvalue weighted by Gasteiger charge is 2.24. The number of benzene rings is 1. The van der Waals surface area contributed by atoms with E-state index in [9.17, 15) is 9.59 Å². The Kier molecular flexibility index (Phi) is 4.72. The lowest BCUT2D eigenvalue weighted by Gasteiger charge is -2.34. The maximum Gasteiger partial charge on any atom is 0.439 e. The van der Waals surface area contributed by atoms with Gasteiger partial charge in [0.2, 0.25) is 0 Å². The van der Waals surface area contributed by atoms with Crippen molar-refractivity contribution in [3.63, 3.8) is 0 Å². The van der Waals surface area contributed by atoms with Crippen LogP contribution >= 0.6 is 0 Å². The van der Waals surface area contributed by atoms with E-state index in [1.807, 2.05) is 18.7 Å². The maximum absolute atomic E-state index is 12.6. The molecule has 1 amide bonds. The van der Waals surface area contributed by atoms with Crippen molar-refractivity contribution in [3.05, 3.63) is 52.1 Å². The van der Waals surface area contributed by atoms with Crippen molar-refractivity contribution in [2.75, 3.05) is 18.0 Å². The molecule has 9 nitrogen and oxygen atoms in total. The number of aryl methyl sites for hydroxylation is 2. The number of nitrogens with one attached hydrogen (secondary N) is 2. The average Bonchev–Trinajstić information content (AvgIpc) is 3.27. The SMILES string of the molecule is Cc1cc(N2CCCC(NC(=O)c3ccc(-c4noc(=O)[nH]4)cc3)C2)n(C)n1. The highest BCUT2D eigenvalue weighted by molar-refractivity contribution is 5.94. The molecule has 28 heavy (non-hydrogen) atoms. The molecule has 4 rings (SSSR count). The number of piperidine rings is 1. The van der Waals surface area contributed by atoms with Gasteiger partial charge in [-0.15, -0.1) is 0 Å². The zero-order chi connectivity index (χ0) is 19.7. The van der Waals surface area contributed by atoms with Crippen LogP contribution in [0.4, 0.5) is 5.82 Å². The van der Waals surface area contributed by atoms with Gasteiger partial charge in [-0.25, -0.2) is 4.79 Å². The van der Waals surface area contributed by atoms with Crippen molar-refractivity contribution in [1.29, 1.82) is 0 Å². The number of amides is 1. The Bertz CT molecular complexity index is 1030. The van der Waals surface area contributed by atoms with Crippen molar-refractivity contribution in [2.24, 2.45) is 7.05 Å². The molecule has 0 spiro atoms.